The van der Waals surface area contributed by atoms with E-state index in [0.29, 0.717) is 0 Å². The third kappa shape index (κ3) is 3.70. The van der Waals surface area contributed by atoms with Crippen molar-refractivity contribution in [2.45, 2.75) is 45.3 Å². The molecule has 0 saturated carbocycles. The van der Waals surface area contributed by atoms with Gasteiger partial charge in [-0.05, 0) is 24.2 Å². The van der Waals surface area contributed by atoms with Gasteiger partial charge in [-0.25, -0.2) is 4.68 Å². The molecule has 0 spiro atoms. The Hall–Kier alpha value is -0.913. The number of nitrogens with zero attached hydrogens (tertiary/aromatic N) is 2. The molecule has 0 saturated heterocycles. The number of para-hydroxylation sites is 1. The number of aromatic nitrogens is 2. The fourth-order valence-corrected chi connectivity index (χ4v) is 3.50. The zero-order chi connectivity index (χ0) is 16.4. The Kier molecular flexibility index (Phi) is 5.30. The first kappa shape index (κ1) is 17.4. The third-order valence-corrected chi connectivity index (χ3v) is 9.57. The number of fused-ring (bicyclic) bond motifs is 1. The molecule has 2 rings (SSSR count). The van der Waals surface area contributed by atoms with E-state index in [9.17, 15) is 0 Å². The smallest absolute Gasteiger partial charge is 0.191 e. The molecule has 1 heterocycles. The van der Waals surface area contributed by atoms with Crippen LogP contribution in [0.5, 0.6) is 0 Å². The van der Waals surface area contributed by atoms with Crippen molar-refractivity contribution in [2.75, 3.05) is 6.61 Å². The van der Waals surface area contributed by atoms with Crippen LogP contribution in [0.1, 0.15) is 27.2 Å². The largest absolute Gasteiger partial charge is 0.416 e. The molecular weight excluding hydrogens is 356 g/mol. The van der Waals surface area contributed by atoms with Gasteiger partial charge >= 0.3 is 0 Å². The fraction of sp³-hybridized carbons (Fsp3) is 0.471. The van der Waals surface area contributed by atoms with Crippen LogP contribution in [-0.4, -0.2) is 24.7 Å². The lowest BCUT2D eigenvalue weighted by molar-refractivity contribution is 0.295. The second-order valence-electron chi connectivity index (χ2n) is 7.07. The van der Waals surface area contributed by atoms with Gasteiger partial charge in [0, 0.05) is 23.4 Å². The van der Waals surface area contributed by atoms with E-state index in [1.54, 1.807) is 0 Å². The first-order chi connectivity index (χ1) is 10.3. The van der Waals surface area contributed by atoms with Crippen LogP contribution in [0.25, 0.3) is 16.6 Å². The van der Waals surface area contributed by atoms with Crippen LogP contribution in [0.3, 0.4) is 0 Å². The summed E-state index contributed by atoms with van der Waals surface area (Å²) in [4.78, 5) is 1.95. The van der Waals surface area contributed by atoms with Crippen molar-refractivity contribution in [3.8, 4) is 0 Å². The van der Waals surface area contributed by atoms with Gasteiger partial charge < -0.3 is 4.43 Å². The summed E-state index contributed by atoms with van der Waals surface area (Å²) in [6.07, 6.45) is 2.74. The van der Waals surface area contributed by atoms with Crippen molar-refractivity contribution in [3.05, 3.63) is 35.4 Å². The van der Waals surface area contributed by atoms with Crippen LogP contribution in [-0.2, 0) is 4.43 Å². The summed E-state index contributed by atoms with van der Waals surface area (Å²) in [6.45, 7) is 12.1. The number of benzene rings is 1. The summed E-state index contributed by atoms with van der Waals surface area (Å²) >= 11 is 3.48. The van der Waals surface area contributed by atoms with Crippen LogP contribution >= 0.6 is 15.9 Å². The van der Waals surface area contributed by atoms with E-state index in [2.05, 4.69) is 67.0 Å². The Bertz CT molecular complexity index is 671. The minimum Gasteiger partial charge on any atom is -0.416 e. The van der Waals surface area contributed by atoms with Crippen molar-refractivity contribution < 1.29 is 4.43 Å². The predicted molar refractivity (Wildman–Crippen MR) is 101 cm³/mol. The minimum atomic E-state index is -1.70. The maximum absolute atomic E-state index is 6.27. The second kappa shape index (κ2) is 6.68. The Labute approximate surface area is 142 Å². The summed E-state index contributed by atoms with van der Waals surface area (Å²) in [5.41, 5.74) is 2.24. The molecule has 0 bridgehead atoms. The molecule has 1 aromatic carbocycles. The van der Waals surface area contributed by atoms with Gasteiger partial charge in [-0.2, -0.15) is 5.10 Å². The third-order valence-electron chi connectivity index (χ3n) is 4.50. The van der Waals surface area contributed by atoms with Gasteiger partial charge in [0.2, 0.25) is 0 Å². The Morgan fingerprint density at radius 1 is 1.32 bits per heavy atom. The zero-order valence-electron chi connectivity index (χ0n) is 14.1. The van der Waals surface area contributed by atoms with Crippen molar-refractivity contribution in [1.82, 2.24) is 9.78 Å². The van der Waals surface area contributed by atoms with E-state index in [-0.39, 0.29) is 5.04 Å². The van der Waals surface area contributed by atoms with E-state index in [1.165, 1.54) is 0 Å². The van der Waals surface area contributed by atoms with E-state index >= 15 is 0 Å². The minimum absolute atomic E-state index is 0.240. The number of hydrogen-bond donors (Lipinski definition) is 0. The van der Waals surface area contributed by atoms with Crippen molar-refractivity contribution in [3.63, 3.8) is 0 Å². The highest BCUT2D eigenvalue weighted by Gasteiger charge is 2.36. The average Bonchev–Trinajstić information content (AvgIpc) is 2.86. The molecule has 0 amide bonds. The molecule has 0 unspecified atom stereocenters. The van der Waals surface area contributed by atoms with Gasteiger partial charge in [-0.15, -0.1) is 0 Å². The Morgan fingerprint density at radius 3 is 2.64 bits per heavy atom. The lowest BCUT2D eigenvalue weighted by Gasteiger charge is -2.36. The highest BCUT2D eigenvalue weighted by atomic mass is 79.9. The molecule has 5 heteroatoms. The van der Waals surface area contributed by atoms with Crippen molar-refractivity contribution in [2.24, 2.45) is 0 Å². The average molecular weight is 381 g/mol. The molecule has 0 fully saturated rings. The highest BCUT2D eigenvalue weighted by molar-refractivity contribution is 9.11. The summed E-state index contributed by atoms with van der Waals surface area (Å²) in [6, 6.07) is 8.25. The van der Waals surface area contributed by atoms with Crippen LogP contribution in [0.2, 0.25) is 18.1 Å². The van der Waals surface area contributed by atoms with Crippen LogP contribution in [0.4, 0.5) is 0 Å². The number of rotatable bonds is 5. The molecule has 0 aliphatic heterocycles. The van der Waals surface area contributed by atoms with Crippen molar-refractivity contribution in [1.29, 1.82) is 0 Å². The quantitative estimate of drug-likeness (QED) is 0.627. The van der Waals surface area contributed by atoms with Gasteiger partial charge in [-0.3, -0.25) is 0 Å². The predicted octanol–water partition coefficient (Wildman–Crippen LogP) is 5.64. The molecule has 0 radical (unpaired) electrons. The lowest BCUT2D eigenvalue weighted by Crippen LogP contribution is -2.41. The fourth-order valence-electron chi connectivity index (χ4n) is 2.03. The van der Waals surface area contributed by atoms with E-state index < -0.39 is 8.32 Å². The molecule has 0 atom stereocenters. The Morgan fingerprint density at radius 2 is 2.00 bits per heavy atom. The molecule has 0 aliphatic rings. The van der Waals surface area contributed by atoms with Crippen molar-refractivity contribution >= 4 is 40.8 Å². The highest BCUT2D eigenvalue weighted by Crippen LogP contribution is 2.36. The van der Waals surface area contributed by atoms with Crippen LogP contribution in [0, 0.1) is 0 Å². The summed E-state index contributed by atoms with van der Waals surface area (Å²) < 4.78 is 8.26. The topological polar surface area (TPSA) is 27.1 Å². The lowest BCUT2D eigenvalue weighted by atomic mass is 10.2. The first-order valence-corrected chi connectivity index (χ1v) is 11.4. The second-order valence-corrected chi connectivity index (χ2v) is 12.3. The molecule has 120 valence electrons. The molecule has 2 aromatic rings. The number of hydrogen-bond acceptors (Lipinski definition) is 2. The summed E-state index contributed by atoms with van der Waals surface area (Å²) in [5.74, 6) is 0. The monoisotopic (exact) mass is 380 g/mol. The van der Waals surface area contributed by atoms with E-state index in [0.717, 1.165) is 29.6 Å². The summed E-state index contributed by atoms with van der Waals surface area (Å²) in [7, 11) is -1.70. The maximum atomic E-state index is 6.27. The Balaban J connectivity index is 2.08. The van der Waals surface area contributed by atoms with E-state index in [4.69, 9.17) is 4.43 Å². The van der Waals surface area contributed by atoms with E-state index in [1.807, 2.05) is 28.0 Å². The summed E-state index contributed by atoms with van der Waals surface area (Å²) in [5, 5.41) is 5.90. The van der Waals surface area contributed by atoms with Gasteiger partial charge in [0.25, 0.3) is 0 Å². The van der Waals surface area contributed by atoms with Gasteiger partial charge in [0.15, 0.2) is 8.32 Å². The SMILES string of the molecule is CC(C)(C)[Si](C)(C)OCC/C(=C/Br)n1ncc2ccccc21. The van der Waals surface area contributed by atoms with Crippen LogP contribution < -0.4 is 0 Å². The molecular formula is C17H25BrN2OSi. The molecule has 3 nitrogen and oxygen atoms in total. The molecule has 1 aromatic heterocycles. The normalized spacial score (nSPS) is 13.8. The molecule has 0 aliphatic carbocycles. The van der Waals surface area contributed by atoms with Crippen LogP contribution in [0.15, 0.2) is 35.4 Å². The molecule has 0 N–H and O–H groups in total. The molecule has 22 heavy (non-hydrogen) atoms. The zero-order valence-corrected chi connectivity index (χ0v) is 16.6. The maximum Gasteiger partial charge on any atom is 0.191 e. The van der Waals surface area contributed by atoms with Gasteiger partial charge in [0.05, 0.1) is 17.4 Å². The number of halogens is 1. The van der Waals surface area contributed by atoms with Gasteiger partial charge in [-0.1, -0.05) is 54.9 Å². The standard InChI is InChI=1S/C17H25BrN2OSi/c1-17(2,3)22(4,5)21-11-10-15(12-18)20-16-9-7-6-8-14(16)13-19-20/h6-9,12-13H,10-11H2,1-5H3/b15-12-. The first-order valence-electron chi connectivity index (χ1n) is 7.62. The van der Waals surface area contributed by atoms with Gasteiger partial charge in [0.1, 0.15) is 0 Å².